The molecule has 168 valence electrons. The molecule has 0 bridgehead atoms. The molecule has 1 aromatic carbocycles. The third-order valence-corrected chi connectivity index (χ3v) is 7.36. The summed E-state index contributed by atoms with van der Waals surface area (Å²) in [6, 6.07) is 6.15. The molecule has 1 spiro atoms. The molecule has 0 aliphatic carbocycles. The molecule has 0 saturated carbocycles. The van der Waals surface area contributed by atoms with E-state index in [-0.39, 0.29) is 24.0 Å². The highest BCUT2D eigenvalue weighted by atomic mass is 16.5. The van der Waals surface area contributed by atoms with Gasteiger partial charge in [0.05, 0.1) is 45.0 Å². The monoisotopic (exact) mass is 428 g/mol. The van der Waals surface area contributed by atoms with Crippen LogP contribution in [0.5, 0.6) is 5.75 Å². The molecule has 2 fully saturated rings. The van der Waals surface area contributed by atoms with E-state index in [1.54, 1.807) is 7.11 Å². The summed E-state index contributed by atoms with van der Waals surface area (Å²) in [7, 11) is 5.82. The van der Waals surface area contributed by atoms with Gasteiger partial charge in [-0.05, 0) is 24.7 Å². The molecule has 4 heterocycles. The van der Waals surface area contributed by atoms with Crippen molar-refractivity contribution in [3.63, 3.8) is 0 Å². The number of fused-ring (bicyclic) bond motifs is 4. The van der Waals surface area contributed by atoms with Crippen molar-refractivity contribution in [2.24, 2.45) is 7.05 Å². The molecule has 1 amide bonds. The first kappa shape index (κ1) is 20.8. The number of hydrogen-bond donors (Lipinski definition) is 1. The molecule has 1 atom stereocenters. The number of morpholine rings is 1. The Labute approximate surface area is 182 Å². The number of aromatic nitrogens is 1. The zero-order valence-corrected chi connectivity index (χ0v) is 18.6. The Hall–Kier alpha value is -2.13. The predicted octanol–water partition coefficient (Wildman–Crippen LogP) is 0.578. The number of hydrogen-bond acceptors (Lipinski definition) is 6. The van der Waals surface area contributed by atoms with Crippen LogP contribution in [0.2, 0.25) is 0 Å². The van der Waals surface area contributed by atoms with Crippen molar-refractivity contribution in [3.05, 3.63) is 29.5 Å². The second-order valence-electron chi connectivity index (χ2n) is 9.23. The van der Waals surface area contributed by atoms with E-state index < -0.39 is 0 Å². The molecular formula is C23H32N4O4. The number of nitrogens with zero attached hydrogens (tertiary/aromatic N) is 4. The molecule has 8 nitrogen and oxygen atoms in total. The molecule has 31 heavy (non-hydrogen) atoms. The zero-order valence-electron chi connectivity index (χ0n) is 18.6. The van der Waals surface area contributed by atoms with Crippen molar-refractivity contribution in [2.75, 3.05) is 73.2 Å². The molecule has 0 unspecified atom stereocenters. The van der Waals surface area contributed by atoms with E-state index in [4.69, 9.17) is 9.47 Å². The summed E-state index contributed by atoms with van der Waals surface area (Å²) in [5, 5.41) is 11.4. The van der Waals surface area contributed by atoms with Gasteiger partial charge in [-0.1, -0.05) is 0 Å². The molecule has 5 rings (SSSR count). The third-order valence-electron chi connectivity index (χ3n) is 7.36. The van der Waals surface area contributed by atoms with E-state index >= 15 is 0 Å². The fraction of sp³-hybridized carbons (Fsp3) is 0.609. The van der Waals surface area contributed by atoms with Gasteiger partial charge in [0.2, 0.25) is 5.91 Å². The Kier molecular flexibility index (Phi) is 5.21. The number of aliphatic hydroxyl groups is 1. The minimum Gasteiger partial charge on any atom is -0.497 e. The summed E-state index contributed by atoms with van der Waals surface area (Å²) in [6.07, 6.45) is 0. The van der Waals surface area contributed by atoms with Gasteiger partial charge < -0.3 is 24.0 Å². The lowest BCUT2D eigenvalue weighted by Gasteiger charge is -2.56. The molecule has 8 heteroatoms. The lowest BCUT2D eigenvalue weighted by molar-refractivity contribution is -0.142. The normalized spacial score (nSPS) is 23.7. The second-order valence-corrected chi connectivity index (χ2v) is 9.23. The van der Waals surface area contributed by atoms with Gasteiger partial charge >= 0.3 is 0 Å². The van der Waals surface area contributed by atoms with Gasteiger partial charge in [-0.3, -0.25) is 14.6 Å². The number of ether oxygens (including phenoxy) is 2. The van der Waals surface area contributed by atoms with Crippen LogP contribution in [-0.2, 0) is 22.0 Å². The molecular weight excluding hydrogens is 396 g/mol. The smallest absolute Gasteiger partial charge is 0.236 e. The molecule has 1 aromatic heterocycles. The van der Waals surface area contributed by atoms with Crippen LogP contribution >= 0.6 is 0 Å². The first-order valence-electron chi connectivity index (χ1n) is 11.0. The summed E-state index contributed by atoms with van der Waals surface area (Å²) < 4.78 is 13.1. The second kappa shape index (κ2) is 7.78. The predicted molar refractivity (Wildman–Crippen MR) is 117 cm³/mol. The molecule has 3 aliphatic rings. The van der Waals surface area contributed by atoms with Gasteiger partial charge in [0.15, 0.2) is 0 Å². The minimum atomic E-state index is -0.107. The molecule has 0 radical (unpaired) electrons. The number of benzene rings is 1. The lowest BCUT2D eigenvalue weighted by atomic mass is 9.69. The number of aryl methyl sites for hydroxylation is 1. The molecule has 3 aliphatic heterocycles. The maximum absolute atomic E-state index is 13.0. The maximum Gasteiger partial charge on any atom is 0.236 e. The number of likely N-dealkylation sites (tertiary alicyclic amines) is 1. The van der Waals surface area contributed by atoms with Gasteiger partial charge in [0, 0.05) is 62.3 Å². The maximum atomic E-state index is 13.0. The fourth-order valence-corrected chi connectivity index (χ4v) is 5.78. The number of amides is 1. The average Bonchev–Trinajstić information content (AvgIpc) is 3.04. The number of methoxy groups -OCH3 is 1. The van der Waals surface area contributed by atoms with Gasteiger partial charge in [-0.25, -0.2) is 0 Å². The SMILES string of the molecule is COc1ccc2c3c(n(C)c2c1)[C@@H](CO)N(C)CC31CN(C(=O)CN2CCOCC2)C1. The number of rotatable bonds is 4. The first-order valence-corrected chi connectivity index (χ1v) is 11.0. The third kappa shape index (κ3) is 3.24. The van der Waals surface area contributed by atoms with Crippen LogP contribution in [0.25, 0.3) is 10.9 Å². The molecule has 1 N–H and O–H groups in total. The first-order chi connectivity index (χ1) is 15.0. The standard InChI is InChI=1S/C23H32N4O4/c1-24-13-23(14-27(15-23)20(29)11-26-6-8-31-9-7-26)21-17-5-4-16(30-3)10-18(17)25(2)22(21)19(24)12-28/h4-5,10,19,28H,6-9,11-15H2,1-3H3/t19-/m1/s1. The number of aliphatic hydroxyl groups excluding tert-OH is 1. The van der Waals surface area contributed by atoms with Crippen molar-refractivity contribution in [2.45, 2.75) is 11.5 Å². The molecule has 2 aromatic rings. The Morgan fingerprint density at radius 3 is 2.65 bits per heavy atom. The summed E-state index contributed by atoms with van der Waals surface area (Å²) >= 11 is 0. The van der Waals surface area contributed by atoms with Gasteiger partial charge in [-0.2, -0.15) is 0 Å². The van der Waals surface area contributed by atoms with E-state index in [2.05, 4.69) is 40.6 Å². The van der Waals surface area contributed by atoms with Gasteiger partial charge in [0.1, 0.15) is 5.75 Å². The van der Waals surface area contributed by atoms with Gasteiger partial charge in [0.25, 0.3) is 0 Å². The summed E-state index contributed by atoms with van der Waals surface area (Å²) in [5.74, 6) is 1.02. The zero-order chi connectivity index (χ0) is 21.8. The van der Waals surface area contributed by atoms with Crippen LogP contribution in [0.3, 0.4) is 0 Å². The molecule has 2 saturated heterocycles. The van der Waals surface area contributed by atoms with Crippen LogP contribution < -0.4 is 4.74 Å². The average molecular weight is 429 g/mol. The van der Waals surface area contributed by atoms with E-state index in [0.717, 1.165) is 49.7 Å². The van der Waals surface area contributed by atoms with Crippen LogP contribution in [-0.4, -0.2) is 104 Å². The number of carbonyl (C=O) groups is 1. The van der Waals surface area contributed by atoms with E-state index in [0.29, 0.717) is 19.8 Å². The quantitative estimate of drug-likeness (QED) is 0.768. The largest absolute Gasteiger partial charge is 0.497 e. The van der Waals surface area contributed by atoms with Crippen LogP contribution in [0.4, 0.5) is 0 Å². The Balaban J connectivity index is 1.47. The van der Waals surface area contributed by atoms with Crippen LogP contribution in [0, 0.1) is 0 Å². The van der Waals surface area contributed by atoms with Crippen molar-refractivity contribution < 1.29 is 19.4 Å². The van der Waals surface area contributed by atoms with Gasteiger partial charge in [-0.15, -0.1) is 0 Å². The van der Waals surface area contributed by atoms with Crippen molar-refractivity contribution >= 4 is 16.8 Å². The topological polar surface area (TPSA) is 70.4 Å². The van der Waals surface area contributed by atoms with Crippen LogP contribution in [0.1, 0.15) is 17.3 Å². The number of carbonyl (C=O) groups excluding carboxylic acids is 1. The number of likely N-dealkylation sites (N-methyl/N-ethyl adjacent to an activating group) is 1. The van der Waals surface area contributed by atoms with E-state index in [1.807, 2.05) is 11.0 Å². The highest BCUT2D eigenvalue weighted by Gasteiger charge is 2.53. The van der Waals surface area contributed by atoms with Crippen molar-refractivity contribution in [1.29, 1.82) is 0 Å². The lowest BCUT2D eigenvalue weighted by Crippen LogP contribution is -2.68. The Morgan fingerprint density at radius 1 is 1.23 bits per heavy atom. The Morgan fingerprint density at radius 2 is 1.97 bits per heavy atom. The summed E-state index contributed by atoms with van der Waals surface area (Å²) in [6.45, 7) is 5.85. The van der Waals surface area contributed by atoms with Crippen molar-refractivity contribution in [3.8, 4) is 5.75 Å². The van der Waals surface area contributed by atoms with Crippen molar-refractivity contribution in [1.82, 2.24) is 19.3 Å². The highest BCUT2D eigenvalue weighted by Crippen LogP contribution is 2.49. The summed E-state index contributed by atoms with van der Waals surface area (Å²) in [5.41, 5.74) is 3.44. The Bertz CT molecular complexity index is 991. The van der Waals surface area contributed by atoms with Crippen LogP contribution in [0.15, 0.2) is 18.2 Å². The van der Waals surface area contributed by atoms with E-state index in [9.17, 15) is 9.90 Å². The highest BCUT2D eigenvalue weighted by molar-refractivity contribution is 5.90. The minimum absolute atomic E-state index is 0.0536. The van der Waals surface area contributed by atoms with E-state index in [1.165, 1.54) is 10.9 Å². The summed E-state index contributed by atoms with van der Waals surface area (Å²) in [4.78, 5) is 19.4. The fourth-order valence-electron chi connectivity index (χ4n) is 5.78.